The zero-order chi connectivity index (χ0) is 17.0. The van der Waals surface area contributed by atoms with Gasteiger partial charge in [0.15, 0.2) is 0 Å². The lowest BCUT2D eigenvalue weighted by atomic mass is 10.0. The summed E-state index contributed by atoms with van der Waals surface area (Å²) in [4.78, 5) is 12.1. The fourth-order valence-electron chi connectivity index (χ4n) is 2.24. The maximum absolute atomic E-state index is 12.1. The molecule has 0 aliphatic heterocycles. The first kappa shape index (κ1) is 17.9. The summed E-state index contributed by atoms with van der Waals surface area (Å²) in [7, 11) is 0. The average Bonchev–Trinajstić information content (AvgIpc) is 2.50. The van der Waals surface area contributed by atoms with Gasteiger partial charge in [-0.15, -0.1) is 0 Å². The molecule has 0 atom stereocenters. The minimum Gasteiger partial charge on any atom is -0.273 e. The second-order valence-corrected chi connectivity index (χ2v) is 7.23. The summed E-state index contributed by atoms with van der Waals surface area (Å²) in [5, 5.41) is 4.21. The fourth-order valence-corrected chi connectivity index (χ4v) is 3.13. The molecule has 0 heterocycles. The Morgan fingerprint density at radius 2 is 1.87 bits per heavy atom. The molecule has 2 aromatic carbocycles. The van der Waals surface area contributed by atoms with Crippen molar-refractivity contribution in [3.8, 4) is 0 Å². The van der Waals surface area contributed by atoms with E-state index in [2.05, 4.69) is 48.5 Å². The Kier molecular flexibility index (Phi) is 6.13. The maximum Gasteiger partial charge on any atom is 0.244 e. The van der Waals surface area contributed by atoms with E-state index < -0.39 is 0 Å². The van der Waals surface area contributed by atoms with Gasteiger partial charge in [-0.2, -0.15) is 5.10 Å². The van der Waals surface area contributed by atoms with Gasteiger partial charge in [0, 0.05) is 14.5 Å². The van der Waals surface area contributed by atoms with Crippen molar-refractivity contribution >= 4 is 43.5 Å². The molecule has 0 fully saturated rings. The summed E-state index contributed by atoms with van der Waals surface area (Å²) in [6.45, 7) is 5.92. The Balaban J connectivity index is 2.06. The summed E-state index contributed by atoms with van der Waals surface area (Å²) >= 11 is 6.93. The van der Waals surface area contributed by atoms with Crippen LogP contribution in [-0.4, -0.2) is 11.6 Å². The van der Waals surface area contributed by atoms with Crippen LogP contribution in [0, 0.1) is 13.8 Å². The minimum absolute atomic E-state index is 0.123. The van der Waals surface area contributed by atoms with Gasteiger partial charge >= 0.3 is 0 Å². The molecule has 0 unspecified atom stereocenters. The van der Waals surface area contributed by atoms with E-state index in [9.17, 15) is 4.79 Å². The molecule has 0 spiro atoms. The topological polar surface area (TPSA) is 41.5 Å². The smallest absolute Gasteiger partial charge is 0.244 e. The first-order valence-corrected chi connectivity index (χ1v) is 8.80. The largest absolute Gasteiger partial charge is 0.273 e. The normalized spacial score (nSPS) is 11.4. The number of halogens is 2. The molecule has 0 radical (unpaired) electrons. The number of amides is 1. The van der Waals surface area contributed by atoms with Crippen LogP contribution in [0.3, 0.4) is 0 Å². The number of hydrogen-bond donors (Lipinski definition) is 1. The van der Waals surface area contributed by atoms with E-state index in [1.807, 2.05) is 51.1 Å². The zero-order valence-corrected chi connectivity index (χ0v) is 16.5. The van der Waals surface area contributed by atoms with Crippen molar-refractivity contribution in [2.75, 3.05) is 0 Å². The molecule has 1 amide bonds. The SMILES string of the molecule is C/C(=N\NC(=O)Cc1ccc(C)cc1C)c1cc(Br)ccc1Br. The monoisotopic (exact) mass is 436 g/mol. The maximum atomic E-state index is 12.1. The quantitative estimate of drug-likeness (QED) is 0.535. The molecule has 3 nitrogen and oxygen atoms in total. The van der Waals surface area contributed by atoms with Gasteiger partial charge < -0.3 is 0 Å². The van der Waals surface area contributed by atoms with Crippen molar-refractivity contribution in [2.24, 2.45) is 5.10 Å². The Labute approximate surface area is 153 Å². The highest BCUT2D eigenvalue weighted by Gasteiger charge is 2.08. The molecular formula is C18H18Br2N2O. The third-order valence-electron chi connectivity index (χ3n) is 3.52. The Hall–Kier alpha value is -1.46. The van der Waals surface area contributed by atoms with E-state index in [-0.39, 0.29) is 5.91 Å². The summed E-state index contributed by atoms with van der Waals surface area (Å²) < 4.78 is 1.90. The number of nitrogens with one attached hydrogen (secondary N) is 1. The molecule has 120 valence electrons. The molecule has 1 N–H and O–H groups in total. The first-order valence-electron chi connectivity index (χ1n) is 7.21. The highest BCUT2D eigenvalue weighted by molar-refractivity contribution is 9.11. The number of carbonyl (C=O) groups excluding carboxylic acids is 1. The second-order valence-electron chi connectivity index (χ2n) is 5.46. The number of nitrogens with zero attached hydrogens (tertiary/aromatic N) is 1. The lowest BCUT2D eigenvalue weighted by Crippen LogP contribution is -2.21. The van der Waals surface area contributed by atoms with Gasteiger partial charge in [0.1, 0.15) is 0 Å². The van der Waals surface area contributed by atoms with Crippen molar-refractivity contribution in [2.45, 2.75) is 27.2 Å². The summed E-state index contributed by atoms with van der Waals surface area (Å²) in [6.07, 6.45) is 0.322. The average molecular weight is 438 g/mol. The van der Waals surface area contributed by atoms with E-state index in [4.69, 9.17) is 0 Å². The fraction of sp³-hybridized carbons (Fsp3) is 0.222. The molecule has 2 aromatic rings. The Bertz CT molecular complexity index is 770. The first-order chi connectivity index (χ1) is 10.9. The molecular weight excluding hydrogens is 420 g/mol. The van der Waals surface area contributed by atoms with Crippen LogP contribution < -0.4 is 5.43 Å². The minimum atomic E-state index is -0.123. The van der Waals surface area contributed by atoms with Gasteiger partial charge in [0.2, 0.25) is 5.91 Å². The molecule has 2 rings (SSSR count). The summed E-state index contributed by atoms with van der Waals surface area (Å²) in [5.41, 5.74) is 7.64. The molecule has 0 saturated carbocycles. The van der Waals surface area contributed by atoms with Crippen LogP contribution in [0.2, 0.25) is 0 Å². The van der Waals surface area contributed by atoms with Crippen molar-refractivity contribution < 1.29 is 4.79 Å². The molecule has 0 saturated heterocycles. The van der Waals surface area contributed by atoms with Crippen LogP contribution in [0.15, 0.2) is 50.4 Å². The third-order valence-corrected chi connectivity index (χ3v) is 4.70. The van der Waals surface area contributed by atoms with E-state index in [1.54, 1.807) is 0 Å². The van der Waals surface area contributed by atoms with Gasteiger partial charge in [-0.25, -0.2) is 5.43 Å². The predicted octanol–water partition coefficient (Wildman–Crippen LogP) is 4.91. The number of aryl methyl sites for hydroxylation is 2. The number of hydrazone groups is 1. The van der Waals surface area contributed by atoms with E-state index in [0.717, 1.165) is 31.3 Å². The predicted molar refractivity (Wildman–Crippen MR) is 102 cm³/mol. The molecule has 0 bridgehead atoms. The molecule has 5 heteroatoms. The Morgan fingerprint density at radius 1 is 1.13 bits per heavy atom. The van der Waals surface area contributed by atoms with Crippen molar-refractivity contribution in [3.63, 3.8) is 0 Å². The van der Waals surface area contributed by atoms with Crippen molar-refractivity contribution in [3.05, 3.63) is 67.6 Å². The van der Waals surface area contributed by atoms with Crippen LogP contribution >= 0.6 is 31.9 Å². The van der Waals surface area contributed by atoms with Crippen molar-refractivity contribution in [1.29, 1.82) is 0 Å². The lowest BCUT2D eigenvalue weighted by Gasteiger charge is -2.08. The van der Waals surface area contributed by atoms with E-state index in [1.165, 1.54) is 5.56 Å². The third kappa shape index (κ3) is 5.01. The number of benzene rings is 2. The van der Waals surface area contributed by atoms with Crippen molar-refractivity contribution in [1.82, 2.24) is 5.43 Å². The van der Waals surface area contributed by atoms with Gasteiger partial charge in [-0.05, 0) is 50.1 Å². The molecule has 0 aliphatic rings. The zero-order valence-electron chi connectivity index (χ0n) is 13.3. The van der Waals surface area contributed by atoms with Crippen LogP contribution in [0.4, 0.5) is 0 Å². The van der Waals surface area contributed by atoms with Gasteiger partial charge in [0.05, 0.1) is 12.1 Å². The standard InChI is InChI=1S/C18H18Br2N2O/c1-11-4-5-14(12(2)8-11)9-18(23)22-21-13(3)16-10-15(19)6-7-17(16)20/h4-8,10H,9H2,1-3H3,(H,22,23)/b21-13+. The van der Waals surface area contributed by atoms with Crippen LogP contribution in [0.5, 0.6) is 0 Å². The summed E-state index contributed by atoms with van der Waals surface area (Å²) in [5.74, 6) is -0.123. The number of carbonyl (C=O) groups is 1. The molecule has 0 aliphatic carbocycles. The number of rotatable bonds is 4. The van der Waals surface area contributed by atoms with E-state index >= 15 is 0 Å². The summed E-state index contributed by atoms with van der Waals surface area (Å²) in [6, 6.07) is 11.9. The lowest BCUT2D eigenvalue weighted by molar-refractivity contribution is -0.120. The second kappa shape index (κ2) is 7.88. The van der Waals surface area contributed by atoms with Gasteiger partial charge in [-0.3, -0.25) is 4.79 Å². The highest BCUT2D eigenvalue weighted by atomic mass is 79.9. The Morgan fingerprint density at radius 3 is 2.57 bits per heavy atom. The van der Waals surface area contributed by atoms with E-state index in [0.29, 0.717) is 6.42 Å². The van der Waals surface area contributed by atoms with Gasteiger partial charge in [0.25, 0.3) is 0 Å². The van der Waals surface area contributed by atoms with Crippen LogP contribution in [-0.2, 0) is 11.2 Å². The van der Waals surface area contributed by atoms with Crippen LogP contribution in [0.1, 0.15) is 29.2 Å². The van der Waals surface area contributed by atoms with Crippen LogP contribution in [0.25, 0.3) is 0 Å². The molecule has 23 heavy (non-hydrogen) atoms. The number of hydrogen-bond acceptors (Lipinski definition) is 2. The molecule has 0 aromatic heterocycles. The highest BCUT2D eigenvalue weighted by Crippen LogP contribution is 2.22. The van der Waals surface area contributed by atoms with Gasteiger partial charge in [-0.1, -0.05) is 55.6 Å².